The SMILES string of the molecule is Cc1nn(C)c(C)c1NC(=O)[C@@H](C)Sc1nnc(-c2ccc(F)cc2)n1C. The molecule has 27 heavy (non-hydrogen) atoms. The maximum Gasteiger partial charge on any atom is 0.237 e. The van der Waals surface area contributed by atoms with E-state index in [1.54, 1.807) is 21.4 Å². The molecule has 2 heterocycles. The van der Waals surface area contributed by atoms with E-state index in [9.17, 15) is 9.18 Å². The van der Waals surface area contributed by atoms with E-state index in [0.29, 0.717) is 11.0 Å². The van der Waals surface area contributed by atoms with Gasteiger partial charge in [0, 0.05) is 19.7 Å². The minimum absolute atomic E-state index is 0.134. The summed E-state index contributed by atoms with van der Waals surface area (Å²) in [5, 5.41) is 15.8. The van der Waals surface area contributed by atoms with Gasteiger partial charge in [-0.05, 0) is 45.0 Å². The lowest BCUT2D eigenvalue weighted by molar-refractivity contribution is -0.115. The van der Waals surface area contributed by atoms with E-state index in [0.717, 1.165) is 22.6 Å². The Kier molecular flexibility index (Phi) is 5.31. The van der Waals surface area contributed by atoms with E-state index >= 15 is 0 Å². The first-order chi connectivity index (χ1) is 12.8. The molecular formula is C18H21FN6OS. The second kappa shape index (κ2) is 7.51. The molecule has 0 aliphatic carbocycles. The van der Waals surface area contributed by atoms with Crippen LogP contribution in [0.25, 0.3) is 11.4 Å². The first kappa shape index (κ1) is 19.1. The van der Waals surface area contributed by atoms with Crippen LogP contribution in [-0.2, 0) is 18.9 Å². The summed E-state index contributed by atoms with van der Waals surface area (Å²) in [6.45, 7) is 5.58. The molecule has 7 nitrogen and oxygen atoms in total. The fraction of sp³-hybridized carbons (Fsp3) is 0.333. The zero-order valence-electron chi connectivity index (χ0n) is 15.8. The number of aromatic nitrogens is 5. The zero-order chi connectivity index (χ0) is 19.7. The van der Waals surface area contributed by atoms with Crippen molar-refractivity contribution in [3.63, 3.8) is 0 Å². The Hall–Kier alpha value is -2.68. The van der Waals surface area contributed by atoms with Crippen molar-refractivity contribution in [1.82, 2.24) is 24.5 Å². The second-order valence-corrected chi connectivity index (χ2v) is 7.60. The van der Waals surface area contributed by atoms with Crippen LogP contribution in [-0.4, -0.2) is 35.7 Å². The van der Waals surface area contributed by atoms with Gasteiger partial charge in [-0.1, -0.05) is 11.8 Å². The number of thioether (sulfide) groups is 1. The van der Waals surface area contributed by atoms with E-state index in [1.807, 2.05) is 34.9 Å². The summed E-state index contributed by atoms with van der Waals surface area (Å²) in [6.07, 6.45) is 0. The van der Waals surface area contributed by atoms with Gasteiger partial charge < -0.3 is 9.88 Å². The molecule has 0 fully saturated rings. The maximum absolute atomic E-state index is 13.1. The molecule has 0 unspecified atom stereocenters. The molecule has 0 aliphatic heterocycles. The quantitative estimate of drug-likeness (QED) is 0.680. The molecule has 3 aromatic rings. The van der Waals surface area contributed by atoms with E-state index in [1.165, 1.54) is 23.9 Å². The van der Waals surface area contributed by atoms with Crippen LogP contribution in [0.3, 0.4) is 0 Å². The fourth-order valence-corrected chi connectivity index (χ4v) is 3.47. The Bertz CT molecular complexity index is 979. The first-order valence-electron chi connectivity index (χ1n) is 8.41. The number of amides is 1. The molecule has 9 heteroatoms. The Morgan fingerprint density at radius 3 is 2.44 bits per heavy atom. The molecule has 0 spiro atoms. The topological polar surface area (TPSA) is 77.6 Å². The summed E-state index contributed by atoms with van der Waals surface area (Å²) in [4.78, 5) is 12.6. The highest BCUT2D eigenvalue weighted by Crippen LogP contribution is 2.27. The minimum atomic E-state index is -0.382. The number of hydrogen-bond acceptors (Lipinski definition) is 5. The average molecular weight is 388 g/mol. The van der Waals surface area contributed by atoms with Crippen molar-refractivity contribution in [1.29, 1.82) is 0 Å². The lowest BCUT2D eigenvalue weighted by Gasteiger charge is -2.12. The number of carbonyl (C=O) groups excluding carboxylic acids is 1. The van der Waals surface area contributed by atoms with Crippen LogP contribution >= 0.6 is 11.8 Å². The number of benzene rings is 1. The van der Waals surface area contributed by atoms with E-state index in [2.05, 4.69) is 20.6 Å². The van der Waals surface area contributed by atoms with Crippen molar-refractivity contribution < 1.29 is 9.18 Å². The number of aryl methyl sites for hydroxylation is 2. The van der Waals surface area contributed by atoms with Crippen LogP contribution < -0.4 is 5.32 Å². The van der Waals surface area contributed by atoms with Crippen LogP contribution in [0.15, 0.2) is 29.4 Å². The van der Waals surface area contributed by atoms with Gasteiger partial charge in [-0.15, -0.1) is 10.2 Å². The first-order valence-corrected chi connectivity index (χ1v) is 9.29. The molecule has 0 saturated carbocycles. The molecule has 1 aromatic carbocycles. The molecule has 3 rings (SSSR count). The van der Waals surface area contributed by atoms with Crippen molar-refractivity contribution >= 4 is 23.4 Å². The molecule has 0 bridgehead atoms. The van der Waals surface area contributed by atoms with Crippen molar-refractivity contribution in [2.24, 2.45) is 14.1 Å². The Morgan fingerprint density at radius 2 is 1.85 bits per heavy atom. The van der Waals surface area contributed by atoms with Gasteiger partial charge in [0.15, 0.2) is 11.0 Å². The van der Waals surface area contributed by atoms with Crippen molar-refractivity contribution in [2.45, 2.75) is 31.2 Å². The normalized spacial score (nSPS) is 12.2. The predicted molar refractivity (Wildman–Crippen MR) is 103 cm³/mol. The second-order valence-electron chi connectivity index (χ2n) is 6.29. The van der Waals surface area contributed by atoms with E-state index < -0.39 is 0 Å². The van der Waals surface area contributed by atoms with Crippen LogP contribution in [0, 0.1) is 19.7 Å². The largest absolute Gasteiger partial charge is 0.322 e. The lowest BCUT2D eigenvalue weighted by atomic mass is 10.2. The highest BCUT2D eigenvalue weighted by atomic mass is 32.2. The molecule has 0 radical (unpaired) electrons. The molecular weight excluding hydrogens is 367 g/mol. The van der Waals surface area contributed by atoms with Crippen molar-refractivity contribution in [3.05, 3.63) is 41.5 Å². The summed E-state index contributed by atoms with van der Waals surface area (Å²) < 4.78 is 16.6. The molecule has 0 aliphatic rings. The van der Waals surface area contributed by atoms with Crippen molar-refractivity contribution in [3.8, 4) is 11.4 Å². The summed E-state index contributed by atoms with van der Waals surface area (Å²) in [5.41, 5.74) is 3.17. The standard InChI is InChI=1S/C18H21FN6OS/c1-10-15(11(2)25(5)23-10)20-17(26)12(3)27-18-22-21-16(24(18)4)13-6-8-14(19)9-7-13/h6-9,12H,1-5H3,(H,20,26)/t12-/m1/s1. The number of nitrogens with one attached hydrogen (secondary N) is 1. The highest BCUT2D eigenvalue weighted by Gasteiger charge is 2.21. The maximum atomic E-state index is 13.1. The predicted octanol–water partition coefficient (Wildman–Crippen LogP) is 3.09. The molecule has 1 amide bonds. The van der Waals surface area contributed by atoms with Crippen LogP contribution in [0.5, 0.6) is 0 Å². The monoisotopic (exact) mass is 388 g/mol. The van der Waals surface area contributed by atoms with Gasteiger partial charge in [-0.3, -0.25) is 9.48 Å². The molecule has 2 aromatic heterocycles. The van der Waals surface area contributed by atoms with Gasteiger partial charge >= 0.3 is 0 Å². The minimum Gasteiger partial charge on any atom is -0.322 e. The van der Waals surface area contributed by atoms with E-state index in [-0.39, 0.29) is 17.0 Å². The van der Waals surface area contributed by atoms with Gasteiger partial charge in [0.05, 0.1) is 22.3 Å². The number of rotatable bonds is 5. The highest BCUT2D eigenvalue weighted by molar-refractivity contribution is 8.00. The molecule has 1 N–H and O–H groups in total. The van der Waals surface area contributed by atoms with Gasteiger partial charge in [-0.25, -0.2) is 4.39 Å². The lowest BCUT2D eigenvalue weighted by Crippen LogP contribution is -2.23. The van der Waals surface area contributed by atoms with Crippen LogP contribution in [0.2, 0.25) is 0 Å². The third kappa shape index (κ3) is 3.87. The van der Waals surface area contributed by atoms with Crippen molar-refractivity contribution in [2.75, 3.05) is 5.32 Å². The molecule has 0 saturated heterocycles. The summed E-state index contributed by atoms with van der Waals surface area (Å²) >= 11 is 1.31. The van der Waals surface area contributed by atoms with Gasteiger partial charge in [0.1, 0.15) is 5.82 Å². The third-order valence-electron chi connectivity index (χ3n) is 4.35. The number of nitrogens with zero attached hydrogens (tertiary/aromatic N) is 5. The summed E-state index contributed by atoms with van der Waals surface area (Å²) in [6, 6.07) is 6.06. The number of halogens is 1. The third-order valence-corrected chi connectivity index (χ3v) is 5.48. The molecule has 1 atom stereocenters. The number of hydrogen-bond donors (Lipinski definition) is 1. The summed E-state index contributed by atoms with van der Waals surface area (Å²) in [7, 11) is 3.66. The molecule has 142 valence electrons. The Balaban J connectivity index is 1.73. The number of anilines is 1. The van der Waals surface area contributed by atoms with Gasteiger partial charge in [0.25, 0.3) is 0 Å². The van der Waals surface area contributed by atoms with Crippen LogP contribution in [0.1, 0.15) is 18.3 Å². The van der Waals surface area contributed by atoms with Crippen LogP contribution in [0.4, 0.5) is 10.1 Å². The smallest absolute Gasteiger partial charge is 0.237 e. The van der Waals surface area contributed by atoms with Gasteiger partial charge in [0.2, 0.25) is 5.91 Å². The zero-order valence-corrected chi connectivity index (χ0v) is 16.6. The van der Waals surface area contributed by atoms with E-state index in [4.69, 9.17) is 0 Å². The Labute approximate surface area is 161 Å². The number of carbonyl (C=O) groups is 1. The average Bonchev–Trinajstić information content (AvgIpc) is 3.10. The Morgan fingerprint density at radius 1 is 1.19 bits per heavy atom. The fourth-order valence-electron chi connectivity index (χ4n) is 2.66. The summed E-state index contributed by atoms with van der Waals surface area (Å²) in [5.74, 6) is 0.177. The van der Waals surface area contributed by atoms with Gasteiger partial charge in [-0.2, -0.15) is 5.10 Å².